The summed E-state index contributed by atoms with van der Waals surface area (Å²) in [6.07, 6.45) is 2.85. The predicted octanol–water partition coefficient (Wildman–Crippen LogP) is 0.310. The molecule has 6 nitrogen and oxygen atoms in total. The second-order valence-corrected chi connectivity index (χ2v) is 4.65. The van der Waals surface area contributed by atoms with Gasteiger partial charge in [0.05, 0.1) is 31.1 Å². The molecule has 92 valence electrons. The maximum Gasteiger partial charge on any atom is 0.274 e. The van der Waals surface area contributed by atoms with Gasteiger partial charge in [-0.2, -0.15) is 0 Å². The highest BCUT2D eigenvalue weighted by Gasteiger charge is 2.35. The summed E-state index contributed by atoms with van der Waals surface area (Å²) in [6, 6.07) is 0. The molecule has 1 aromatic rings. The van der Waals surface area contributed by atoms with Crippen molar-refractivity contribution in [3.05, 3.63) is 18.1 Å². The first kappa shape index (κ1) is 11.8. The molecule has 1 fully saturated rings. The molecule has 2 heterocycles. The summed E-state index contributed by atoms with van der Waals surface area (Å²) in [7, 11) is 0. The number of carbonyl (C=O) groups excluding carboxylic acids is 1. The van der Waals surface area contributed by atoms with Crippen LogP contribution in [0.5, 0.6) is 0 Å². The van der Waals surface area contributed by atoms with E-state index in [1.165, 1.54) is 12.4 Å². The normalized spacial score (nSPS) is 19.1. The Morgan fingerprint density at radius 3 is 2.94 bits per heavy atom. The van der Waals surface area contributed by atoms with E-state index >= 15 is 0 Å². The summed E-state index contributed by atoms with van der Waals surface area (Å²) in [5.74, 6) is 0.0972. The first-order valence-corrected chi connectivity index (χ1v) is 5.48. The Kier molecular flexibility index (Phi) is 2.97. The Balaban J connectivity index is 2.25. The Labute approximate surface area is 99.8 Å². The van der Waals surface area contributed by atoms with E-state index in [2.05, 4.69) is 9.97 Å². The molecule has 17 heavy (non-hydrogen) atoms. The zero-order valence-electron chi connectivity index (χ0n) is 10.0. The zero-order chi connectivity index (χ0) is 12.5. The number of carbonyl (C=O) groups is 1. The fourth-order valence-electron chi connectivity index (χ4n) is 1.86. The number of nitrogens with two attached hydrogens (primary N) is 1. The molecule has 0 spiro atoms. The molecule has 6 heteroatoms. The Bertz CT molecular complexity index is 433. The van der Waals surface area contributed by atoms with Crippen molar-refractivity contribution in [2.45, 2.75) is 19.4 Å². The number of rotatable bonds is 1. The Morgan fingerprint density at radius 1 is 1.53 bits per heavy atom. The summed E-state index contributed by atoms with van der Waals surface area (Å²) in [5, 5.41) is 0. The number of morpholine rings is 1. The van der Waals surface area contributed by atoms with Crippen LogP contribution >= 0.6 is 0 Å². The lowest BCUT2D eigenvalue weighted by Gasteiger charge is -2.41. The van der Waals surface area contributed by atoms with E-state index in [1.54, 1.807) is 4.90 Å². The molecule has 0 bridgehead atoms. The number of anilines is 1. The molecule has 2 rings (SSSR count). The highest BCUT2D eigenvalue weighted by atomic mass is 16.5. The van der Waals surface area contributed by atoms with Gasteiger partial charge in [0.2, 0.25) is 0 Å². The summed E-state index contributed by atoms with van der Waals surface area (Å²) < 4.78 is 5.37. The topological polar surface area (TPSA) is 81.3 Å². The van der Waals surface area contributed by atoms with Gasteiger partial charge in [0, 0.05) is 6.54 Å². The first-order valence-electron chi connectivity index (χ1n) is 5.48. The Morgan fingerprint density at radius 2 is 2.29 bits per heavy atom. The van der Waals surface area contributed by atoms with Crippen molar-refractivity contribution in [1.29, 1.82) is 0 Å². The van der Waals surface area contributed by atoms with Gasteiger partial charge in [0.1, 0.15) is 11.5 Å². The SMILES string of the molecule is CC1(C)COCCN1C(=O)c1cncc(N)n1. The summed E-state index contributed by atoms with van der Waals surface area (Å²) in [5.41, 5.74) is 5.47. The van der Waals surface area contributed by atoms with Crippen LogP contribution in [0.25, 0.3) is 0 Å². The third-order valence-electron chi connectivity index (χ3n) is 2.76. The first-order chi connectivity index (χ1) is 8.00. The molecule has 0 atom stereocenters. The van der Waals surface area contributed by atoms with Crippen LogP contribution in [-0.2, 0) is 4.74 Å². The summed E-state index contributed by atoms with van der Waals surface area (Å²) in [4.78, 5) is 21.9. The lowest BCUT2D eigenvalue weighted by Crippen LogP contribution is -2.55. The highest BCUT2D eigenvalue weighted by molar-refractivity contribution is 5.92. The van der Waals surface area contributed by atoms with Crippen LogP contribution in [0.1, 0.15) is 24.3 Å². The van der Waals surface area contributed by atoms with Crippen molar-refractivity contribution in [3.63, 3.8) is 0 Å². The fraction of sp³-hybridized carbons (Fsp3) is 0.545. The van der Waals surface area contributed by atoms with Crippen molar-refractivity contribution >= 4 is 11.7 Å². The van der Waals surface area contributed by atoms with Crippen molar-refractivity contribution in [2.24, 2.45) is 0 Å². The van der Waals surface area contributed by atoms with Gasteiger partial charge in [0.15, 0.2) is 0 Å². The molecule has 2 N–H and O–H groups in total. The predicted molar refractivity (Wildman–Crippen MR) is 62.4 cm³/mol. The lowest BCUT2D eigenvalue weighted by molar-refractivity contribution is -0.0373. The van der Waals surface area contributed by atoms with Gasteiger partial charge in [-0.15, -0.1) is 0 Å². The van der Waals surface area contributed by atoms with Crippen molar-refractivity contribution in [3.8, 4) is 0 Å². The average Bonchev–Trinajstić information content (AvgIpc) is 2.27. The van der Waals surface area contributed by atoms with Crippen LogP contribution in [0.3, 0.4) is 0 Å². The maximum absolute atomic E-state index is 12.3. The third-order valence-corrected chi connectivity index (χ3v) is 2.76. The molecule has 0 saturated carbocycles. The second kappa shape index (κ2) is 4.29. The van der Waals surface area contributed by atoms with Gasteiger partial charge < -0.3 is 15.4 Å². The van der Waals surface area contributed by atoms with Crippen molar-refractivity contribution in [2.75, 3.05) is 25.5 Å². The standard InChI is InChI=1S/C11H16N4O2/c1-11(2)7-17-4-3-15(11)10(16)8-5-13-6-9(12)14-8/h5-6H,3-4,7H2,1-2H3,(H2,12,14). The molecule has 1 saturated heterocycles. The molecule has 0 aromatic carbocycles. The highest BCUT2D eigenvalue weighted by Crippen LogP contribution is 2.21. The lowest BCUT2D eigenvalue weighted by atomic mass is 10.0. The van der Waals surface area contributed by atoms with E-state index in [-0.39, 0.29) is 23.0 Å². The number of hydrogen-bond acceptors (Lipinski definition) is 5. The molecule has 0 radical (unpaired) electrons. The monoisotopic (exact) mass is 236 g/mol. The summed E-state index contributed by atoms with van der Waals surface area (Å²) >= 11 is 0. The largest absolute Gasteiger partial charge is 0.382 e. The number of ether oxygens (including phenoxy) is 1. The quantitative estimate of drug-likeness (QED) is 0.759. The minimum atomic E-state index is -0.332. The van der Waals surface area contributed by atoms with E-state index in [0.717, 1.165) is 0 Å². The molecule has 0 unspecified atom stereocenters. The van der Waals surface area contributed by atoms with Gasteiger partial charge in [-0.05, 0) is 13.8 Å². The van der Waals surface area contributed by atoms with Gasteiger partial charge in [-0.25, -0.2) is 4.98 Å². The van der Waals surface area contributed by atoms with Gasteiger partial charge in [-0.3, -0.25) is 9.78 Å². The van der Waals surface area contributed by atoms with E-state index in [0.29, 0.717) is 19.8 Å². The molecule has 1 amide bonds. The van der Waals surface area contributed by atoms with Gasteiger partial charge in [-0.1, -0.05) is 0 Å². The van der Waals surface area contributed by atoms with Crippen LogP contribution < -0.4 is 5.73 Å². The molecular weight excluding hydrogens is 220 g/mol. The van der Waals surface area contributed by atoms with E-state index in [9.17, 15) is 4.79 Å². The maximum atomic E-state index is 12.3. The molecule has 1 aromatic heterocycles. The average molecular weight is 236 g/mol. The molecular formula is C11H16N4O2. The summed E-state index contributed by atoms with van der Waals surface area (Å²) in [6.45, 7) is 5.55. The zero-order valence-corrected chi connectivity index (χ0v) is 10.0. The van der Waals surface area contributed by atoms with Crippen LogP contribution in [0.4, 0.5) is 5.82 Å². The van der Waals surface area contributed by atoms with Crippen LogP contribution in [0, 0.1) is 0 Å². The number of nitrogen functional groups attached to an aromatic ring is 1. The van der Waals surface area contributed by atoms with Crippen molar-refractivity contribution in [1.82, 2.24) is 14.9 Å². The van der Waals surface area contributed by atoms with Gasteiger partial charge >= 0.3 is 0 Å². The number of hydrogen-bond donors (Lipinski definition) is 1. The minimum absolute atomic E-state index is 0.155. The minimum Gasteiger partial charge on any atom is -0.382 e. The van der Waals surface area contributed by atoms with Crippen molar-refractivity contribution < 1.29 is 9.53 Å². The van der Waals surface area contributed by atoms with Crippen LogP contribution in [0.2, 0.25) is 0 Å². The van der Waals surface area contributed by atoms with Crippen LogP contribution in [0.15, 0.2) is 12.4 Å². The number of nitrogens with zero attached hydrogens (tertiary/aromatic N) is 3. The van der Waals surface area contributed by atoms with E-state index in [4.69, 9.17) is 10.5 Å². The molecule has 0 aliphatic carbocycles. The van der Waals surface area contributed by atoms with Gasteiger partial charge in [0.25, 0.3) is 5.91 Å². The smallest absolute Gasteiger partial charge is 0.274 e. The second-order valence-electron chi connectivity index (χ2n) is 4.65. The Hall–Kier alpha value is -1.69. The van der Waals surface area contributed by atoms with E-state index < -0.39 is 0 Å². The number of amides is 1. The van der Waals surface area contributed by atoms with Crippen LogP contribution in [-0.4, -0.2) is 46.1 Å². The molecule has 1 aliphatic rings. The van der Waals surface area contributed by atoms with E-state index in [1.807, 2.05) is 13.8 Å². The fourth-order valence-corrected chi connectivity index (χ4v) is 1.86. The third kappa shape index (κ3) is 2.36. The number of aromatic nitrogens is 2. The molecule has 1 aliphatic heterocycles.